The van der Waals surface area contributed by atoms with Crippen LogP contribution in [-0.2, 0) is 10.0 Å². The SMILES string of the molecule is CCCNC(=O)N1CCN(S(=O)(=O)c2cccc3nsnc23)CC1. The number of hydrogen-bond donors (Lipinski definition) is 1. The van der Waals surface area contributed by atoms with Crippen molar-refractivity contribution >= 4 is 38.8 Å². The van der Waals surface area contributed by atoms with Gasteiger partial charge in [0, 0.05) is 32.7 Å². The standard InChI is InChI=1S/C14H19N5O3S2/c1-2-6-15-14(20)18-7-9-19(10-8-18)24(21,22)12-5-3-4-11-13(12)17-23-16-11/h3-5H,2,6-10H2,1H3,(H,15,20). The van der Waals surface area contributed by atoms with Crippen molar-refractivity contribution in [3.8, 4) is 0 Å². The van der Waals surface area contributed by atoms with Gasteiger partial charge in [0.25, 0.3) is 0 Å². The van der Waals surface area contributed by atoms with Crippen LogP contribution in [-0.4, -0.2) is 65.1 Å². The van der Waals surface area contributed by atoms with Crippen molar-refractivity contribution in [2.45, 2.75) is 18.2 Å². The Kier molecular flexibility index (Phi) is 4.97. The minimum absolute atomic E-state index is 0.139. The van der Waals surface area contributed by atoms with Crippen LogP contribution in [0.25, 0.3) is 11.0 Å². The van der Waals surface area contributed by atoms with E-state index in [0.717, 1.165) is 18.1 Å². The first-order valence-corrected chi connectivity index (χ1v) is 9.95. The molecular formula is C14H19N5O3S2. The average Bonchev–Trinajstić information content (AvgIpc) is 3.08. The molecule has 3 rings (SSSR count). The van der Waals surface area contributed by atoms with E-state index in [1.54, 1.807) is 23.1 Å². The highest BCUT2D eigenvalue weighted by Crippen LogP contribution is 2.25. The molecule has 2 heterocycles. The van der Waals surface area contributed by atoms with Crippen molar-refractivity contribution in [1.82, 2.24) is 23.3 Å². The zero-order valence-corrected chi connectivity index (χ0v) is 14.9. The number of aromatic nitrogens is 2. The highest BCUT2D eigenvalue weighted by molar-refractivity contribution is 7.89. The Morgan fingerprint density at radius 1 is 1.25 bits per heavy atom. The number of benzene rings is 1. The fourth-order valence-electron chi connectivity index (χ4n) is 2.60. The third-order valence-electron chi connectivity index (χ3n) is 3.92. The van der Waals surface area contributed by atoms with Crippen molar-refractivity contribution < 1.29 is 13.2 Å². The number of carbonyl (C=O) groups excluding carboxylic acids is 1. The molecule has 0 atom stereocenters. The van der Waals surface area contributed by atoms with Gasteiger partial charge in [-0.05, 0) is 18.6 Å². The number of sulfonamides is 1. The first-order chi connectivity index (χ1) is 11.5. The highest BCUT2D eigenvalue weighted by atomic mass is 32.2. The van der Waals surface area contributed by atoms with Crippen LogP contribution >= 0.6 is 11.7 Å². The fraction of sp³-hybridized carbons (Fsp3) is 0.500. The number of piperazine rings is 1. The average molecular weight is 369 g/mol. The van der Waals surface area contributed by atoms with E-state index in [1.165, 1.54) is 4.31 Å². The third-order valence-corrected chi connectivity index (χ3v) is 6.39. The molecule has 2 aromatic rings. The molecule has 0 radical (unpaired) electrons. The minimum atomic E-state index is -3.65. The smallest absolute Gasteiger partial charge is 0.317 e. The summed E-state index contributed by atoms with van der Waals surface area (Å²) < 4.78 is 35.4. The number of hydrogen-bond acceptors (Lipinski definition) is 6. The van der Waals surface area contributed by atoms with Gasteiger partial charge in [-0.2, -0.15) is 13.1 Å². The van der Waals surface area contributed by atoms with Gasteiger partial charge in [-0.3, -0.25) is 0 Å². The summed E-state index contributed by atoms with van der Waals surface area (Å²) >= 11 is 0.998. The maximum absolute atomic E-state index is 12.9. The summed E-state index contributed by atoms with van der Waals surface area (Å²) in [5.41, 5.74) is 0.990. The Balaban J connectivity index is 1.74. The van der Waals surface area contributed by atoms with E-state index in [9.17, 15) is 13.2 Å². The molecule has 1 aliphatic rings. The molecule has 0 saturated carbocycles. The van der Waals surface area contributed by atoms with Crippen molar-refractivity contribution in [2.75, 3.05) is 32.7 Å². The predicted octanol–water partition coefficient (Wildman–Crippen LogP) is 1.12. The Labute approximate surface area is 144 Å². The summed E-state index contributed by atoms with van der Waals surface area (Å²) in [6.45, 7) is 3.90. The summed E-state index contributed by atoms with van der Waals surface area (Å²) in [5.74, 6) is 0. The Hall–Kier alpha value is -1.78. The molecule has 8 nitrogen and oxygen atoms in total. The lowest BCUT2D eigenvalue weighted by molar-refractivity contribution is 0.172. The van der Waals surface area contributed by atoms with Gasteiger partial charge in [-0.1, -0.05) is 13.0 Å². The largest absolute Gasteiger partial charge is 0.338 e. The number of rotatable bonds is 4. The molecule has 0 spiro atoms. The molecule has 1 aromatic heterocycles. The summed E-state index contributed by atoms with van der Waals surface area (Å²) in [6, 6.07) is 4.83. The molecular weight excluding hydrogens is 350 g/mol. The number of urea groups is 1. The topological polar surface area (TPSA) is 95.5 Å². The van der Waals surface area contributed by atoms with Gasteiger partial charge >= 0.3 is 6.03 Å². The quantitative estimate of drug-likeness (QED) is 0.871. The van der Waals surface area contributed by atoms with Crippen molar-refractivity contribution in [2.24, 2.45) is 0 Å². The van der Waals surface area contributed by atoms with Crippen LogP contribution in [0.1, 0.15) is 13.3 Å². The summed E-state index contributed by atoms with van der Waals surface area (Å²) in [5, 5.41) is 2.81. The Bertz CT molecular complexity index is 828. The van der Waals surface area contributed by atoms with Crippen LogP contribution in [0, 0.1) is 0 Å². The molecule has 0 bridgehead atoms. The Morgan fingerprint density at radius 2 is 2.00 bits per heavy atom. The molecule has 24 heavy (non-hydrogen) atoms. The number of amides is 2. The van der Waals surface area contributed by atoms with Gasteiger partial charge in [-0.25, -0.2) is 13.2 Å². The monoisotopic (exact) mass is 369 g/mol. The van der Waals surface area contributed by atoms with Gasteiger partial charge in [0.15, 0.2) is 0 Å². The zero-order valence-electron chi connectivity index (χ0n) is 13.3. The number of fused-ring (bicyclic) bond motifs is 1. The second kappa shape index (κ2) is 6.99. The second-order valence-corrected chi connectivity index (χ2v) is 7.95. The normalized spacial score (nSPS) is 16.5. The maximum Gasteiger partial charge on any atom is 0.317 e. The van der Waals surface area contributed by atoms with Crippen LogP contribution in [0.5, 0.6) is 0 Å². The van der Waals surface area contributed by atoms with Crippen LogP contribution in [0.15, 0.2) is 23.1 Å². The minimum Gasteiger partial charge on any atom is -0.338 e. The van der Waals surface area contributed by atoms with Crippen molar-refractivity contribution in [3.05, 3.63) is 18.2 Å². The third kappa shape index (κ3) is 3.21. The summed E-state index contributed by atoms with van der Waals surface area (Å²) in [6.07, 6.45) is 0.867. The maximum atomic E-state index is 12.9. The van der Waals surface area contributed by atoms with Crippen LogP contribution < -0.4 is 5.32 Å². The second-order valence-electron chi connectivity index (χ2n) is 5.51. The molecule has 1 fully saturated rings. The number of nitrogens with zero attached hydrogens (tertiary/aromatic N) is 4. The van der Waals surface area contributed by atoms with Crippen molar-refractivity contribution in [3.63, 3.8) is 0 Å². The molecule has 0 unspecified atom stereocenters. The lowest BCUT2D eigenvalue weighted by Crippen LogP contribution is -2.53. The number of carbonyl (C=O) groups is 1. The first-order valence-electron chi connectivity index (χ1n) is 7.78. The van der Waals surface area contributed by atoms with Crippen LogP contribution in [0.4, 0.5) is 4.79 Å². The van der Waals surface area contributed by atoms with E-state index in [1.807, 2.05) is 6.92 Å². The van der Waals surface area contributed by atoms with E-state index in [-0.39, 0.29) is 24.0 Å². The van der Waals surface area contributed by atoms with E-state index in [0.29, 0.717) is 30.7 Å². The van der Waals surface area contributed by atoms with Gasteiger partial charge in [0.05, 0.1) is 11.7 Å². The highest BCUT2D eigenvalue weighted by Gasteiger charge is 2.31. The van der Waals surface area contributed by atoms with Gasteiger partial charge in [0.1, 0.15) is 15.9 Å². The fourth-order valence-corrected chi connectivity index (χ4v) is 4.78. The molecule has 0 aliphatic carbocycles. The molecule has 1 saturated heterocycles. The van der Waals surface area contributed by atoms with Gasteiger partial charge in [0.2, 0.25) is 10.0 Å². The molecule has 10 heteroatoms. The van der Waals surface area contributed by atoms with Crippen molar-refractivity contribution in [1.29, 1.82) is 0 Å². The van der Waals surface area contributed by atoms with E-state index >= 15 is 0 Å². The van der Waals surface area contributed by atoms with E-state index in [2.05, 4.69) is 14.1 Å². The number of nitrogens with one attached hydrogen (secondary N) is 1. The molecule has 1 N–H and O–H groups in total. The Morgan fingerprint density at radius 3 is 2.71 bits per heavy atom. The summed E-state index contributed by atoms with van der Waals surface area (Å²) in [7, 11) is -3.65. The predicted molar refractivity (Wildman–Crippen MR) is 91.4 cm³/mol. The van der Waals surface area contributed by atoms with Gasteiger partial charge in [-0.15, -0.1) is 0 Å². The van der Waals surface area contributed by atoms with Gasteiger partial charge < -0.3 is 10.2 Å². The molecule has 2 amide bonds. The lowest BCUT2D eigenvalue weighted by Gasteiger charge is -2.33. The lowest BCUT2D eigenvalue weighted by atomic mass is 10.3. The molecule has 1 aliphatic heterocycles. The zero-order chi connectivity index (χ0) is 17.2. The van der Waals surface area contributed by atoms with E-state index < -0.39 is 10.0 Å². The van der Waals surface area contributed by atoms with Crippen LogP contribution in [0.2, 0.25) is 0 Å². The molecule has 1 aromatic carbocycles. The summed E-state index contributed by atoms with van der Waals surface area (Å²) in [4.78, 5) is 13.8. The molecule has 130 valence electrons. The van der Waals surface area contributed by atoms with E-state index in [4.69, 9.17) is 0 Å². The first kappa shape index (κ1) is 17.1. The van der Waals surface area contributed by atoms with Crippen LogP contribution in [0.3, 0.4) is 0 Å².